The van der Waals surface area contributed by atoms with Crippen LogP contribution in [0.5, 0.6) is 0 Å². The smallest absolute Gasteiger partial charge is 0.407 e. The highest BCUT2D eigenvalue weighted by molar-refractivity contribution is 6.32. The fourth-order valence-electron chi connectivity index (χ4n) is 3.06. The number of carbonyl (C=O) groups is 1. The number of ether oxygens (including phenoxy) is 1. The molecule has 0 bridgehead atoms. The number of halogens is 1. The number of hydrogen-bond acceptors (Lipinski definition) is 4. The van der Waals surface area contributed by atoms with Crippen LogP contribution in [0, 0.1) is 11.7 Å². The summed E-state index contributed by atoms with van der Waals surface area (Å²) < 4.78 is 27.7. The predicted octanol–water partition coefficient (Wildman–Crippen LogP) is 5.99. The Kier molecular flexibility index (Phi) is 7.82. The molecule has 0 unspecified atom stereocenters. The molecule has 2 radical (unpaired) electrons. The minimum Gasteiger partial charge on any atom is -0.444 e. The number of amides is 1. The molecular weight excluding hydrogens is 425 g/mol. The minimum absolute atomic E-state index is 0.0301. The van der Waals surface area contributed by atoms with E-state index in [9.17, 15) is 9.18 Å². The first kappa shape index (κ1) is 26.3. The zero-order valence-electron chi connectivity index (χ0n) is 21.1. The molecular formula is C24H38FN3O3Si. The van der Waals surface area contributed by atoms with Gasteiger partial charge in [-0.1, -0.05) is 27.7 Å². The SMILES string of the molecule is CC(C)C(C)(C)[Si]OC(C)(C)c1cc2cc(F)cnc2n1[C@H](C)CNC(=O)OC(C)(C)C. The molecule has 1 amide bonds. The first-order chi connectivity index (χ1) is 14.5. The van der Waals surface area contributed by atoms with Crippen molar-refractivity contribution in [2.75, 3.05) is 6.54 Å². The Morgan fingerprint density at radius 3 is 2.34 bits per heavy atom. The van der Waals surface area contributed by atoms with Crippen molar-refractivity contribution in [2.45, 2.75) is 91.5 Å². The van der Waals surface area contributed by atoms with Crippen LogP contribution < -0.4 is 5.32 Å². The van der Waals surface area contributed by atoms with E-state index in [1.165, 1.54) is 12.3 Å². The second-order valence-corrected chi connectivity index (χ2v) is 12.5. The Bertz CT molecular complexity index is 948. The zero-order chi connectivity index (χ0) is 24.5. The first-order valence-corrected chi connectivity index (χ1v) is 12.0. The summed E-state index contributed by atoms with van der Waals surface area (Å²) >= 11 is 0. The molecule has 0 fully saturated rings. The van der Waals surface area contributed by atoms with E-state index in [0.29, 0.717) is 23.5 Å². The van der Waals surface area contributed by atoms with Gasteiger partial charge >= 0.3 is 6.09 Å². The van der Waals surface area contributed by atoms with Gasteiger partial charge in [-0.15, -0.1) is 0 Å². The molecule has 0 saturated carbocycles. The van der Waals surface area contributed by atoms with Crippen molar-refractivity contribution in [1.29, 1.82) is 0 Å². The summed E-state index contributed by atoms with van der Waals surface area (Å²) in [7, 11) is 0.284. The molecule has 32 heavy (non-hydrogen) atoms. The summed E-state index contributed by atoms with van der Waals surface area (Å²) in [6.45, 7) is 20.6. The van der Waals surface area contributed by atoms with Crippen LogP contribution in [0.1, 0.15) is 81.0 Å². The van der Waals surface area contributed by atoms with Crippen molar-refractivity contribution in [3.8, 4) is 0 Å². The van der Waals surface area contributed by atoms with Gasteiger partial charge in [0.15, 0.2) is 0 Å². The lowest BCUT2D eigenvalue weighted by molar-refractivity contribution is 0.0520. The molecule has 2 aromatic rings. The van der Waals surface area contributed by atoms with E-state index in [1.54, 1.807) is 0 Å². The maximum Gasteiger partial charge on any atom is 0.407 e. The number of alkyl carbamates (subject to hydrolysis) is 1. The maximum absolute atomic E-state index is 13.9. The first-order valence-electron chi connectivity index (χ1n) is 11.1. The van der Waals surface area contributed by atoms with Crippen LogP contribution in [0.25, 0.3) is 11.0 Å². The van der Waals surface area contributed by atoms with Crippen LogP contribution >= 0.6 is 0 Å². The molecule has 0 aromatic carbocycles. The standard InChI is InChI=1S/C24H38FN3O3Si/c1-15(2)24(9,10)32-31-23(7,8)19-12-17-11-18(25)14-26-20(17)28(19)16(3)13-27-21(29)30-22(4,5)6/h11-12,14-16H,13H2,1-10H3,(H,27,29)/t16-/m1/s1. The third-order valence-corrected chi connectivity index (χ3v) is 7.37. The van der Waals surface area contributed by atoms with Gasteiger partial charge < -0.3 is 19.0 Å². The molecule has 1 atom stereocenters. The number of aromatic nitrogens is 2. The van der Waals surface area contributed by atoms with Crippen molar-refractivity contribution < 1.29 is 18.3 Å². The number of hydrogen-bond donors (Lipinski definition) is 1. The van der Waals surface area contributed by atoms with Crippen molar-refractivity contribution in [3.05, 3.63) is 29.8 Å². The van der Waals surface area contributed by atoms with E-state index in [2.05, 4.69) is 38.0 Å². The summed E-state index contributed by atoms with van der Waals surface area (Å²) in [6.07, 6.45) is 0.741. The fourth-order valence-corrected chi connectivity index (χ4v) is 3.92. The topological polar surface area (TPSA) is 65.4 Å². The average Bonchev–Trinajstić information content (AvgIpc) is 3.02. The monoisotopic (exact) mass is 463 g/mol. The van der Waals surface area contributed by atoms with Crippen molar-refractivity contribution in [3.63, 3.8) is 0 Å². The third-order valence-electron chi connectivity index (χ3n) is 5.65. The van der Waals surface area contributed by atoms with Gasteiger partial charge in [0.2, 0.25) is 9.76 Å². The van der Waals surface area contributed by atoms with E-state index in [4.69, 9.17) is 9.16 Å². The molecule has 0 saturated heterocycles. The molecule has 6 nitrogen and oxygen atoms in total. The van der Waals surface area contributed by atoms with Crippen LogP contribution in [0.2, 0.25) is 5.04 Å². The summed E-state index contributed by atoms with van der Waals surface area (Å²) in [6, 6.07) is 3.26. The van der Waals surface area contributed by atoms with Gasteiger partial charge in [-0.05, 0) is 64.6 Å². The molecule has 2 heterocycles. The highest BCUT2D eigenvalue weighted by atomic mass is 28.2. The van der Waals surface area contributed by atoms with Crippen LogP contribution in [-0.2, 0) is 14.8 Å². The van der Waals surface area contributed by atoms with Crippen molar-refractivity contribution >= 4 is 26.9 Å². The summed E-state index contributed by atoms with van der Waals surface area (Å²) in [4.78, 5) is 16.5. The molecule has 178 valence electrons. The van der Waals surface area contributed by atoms with E-state index >= 15 is 0 Å². The molecule has 0 aliphatic heterocycles. The van der Waals surface area contributed by atoms with E-state index < -0.39 is 17.3 Å². The summed E-state index contributed by atoms with van der Waals surface area (Å²) in [5, 5.41) is 3.56. The summed E-state index contributed by atoms with van der Waals surface area (Å²) in [5.41, 5.74) is 0.332. The Labute approximate surface area is 194 Å². The van der Waals surface area contributed by atoms with Gasteiger partial charge in [0.25, 0.3) is 0 Å². The number of carbonyl (C=O) groups excluding carboxylic acids is 1. The molecule has 0 aliphatic rings. The largest absolute Gasteiger partial charge is 0.444 e. The van der Waals surface area contributed by atoms with Crippen molar-refractivity contribution in [1.82, 2.24) is 14.9 Å². The molecule has 2 rings (SSSR count). The van der Waals surface area contributed by atoms with Gasteiger partial charge in [0.05, 0.1) is 23.5 Å². The zero-order valence-corrected chi connectivity index (χ0v) is 22.1. The van der Waals surface area contributed by atoms with Gasteiger partial charge in [0.1, 0.15) is 17.1 Å². The lowest BCUT2D eigenvalue weighted by Gasteiger charge is -2.35. The minimum atomic E-state index is -0.637. The predicted molar refractivity (Wildman–Crippen MR) is 127 cm³/mol. The van der Waals surface area contributed by atoms with Gasteiger partial charge in [-0.2, -0.15) is 0 Å². The molecule has 2 aromatic heterocycles. The number of nitrogens with one attached hydrogen (secondary N) is 1. The lowest BCUT2D eigenvalue weighted by Crippen LogP contribution is -2.37. The second kappa shape index (κ2) is 9.51. The van der Waals surface area contributed by atoms with Gasteiger partial charge in [-0.25, -0.2) is 14.2 Å². The second-order valence-electron chi connectivity index (χ2n) is 10.8. The van der Waals surface area contributed by atoms with Gasteiger partial charge in [-0.3, -0.25) is 0 Å². The summed E-state index contributed by atoms with van der Waals surface area (Å²) in [5.74, 6) is 0.0810. The average molecular weight is 464 g/mol. The Morgan fingerprint density at radius 2 is 1.78 bits per heavy atom. The molecule has 1 N–H and O–H groups in total. The number of pyridine rings is 1. The van der Waals surface area contributed by atoms with Crippen LogP contribution in [0.3, 0.4) is 0 Å². The van der Waals surface area contributed by atoms with Gasteiger partial charge in [0, 0.05) is 11.9 Å². The van der Waals surface area contributed by atoms with Crippen LogP contribution in [0.15, 0.2) is 18.3 Å². The quantitative estimate of drug-likeness (QED) is 0.489. The van der Waals surface area contributed by atoms with Crippen molar-refractivity contribution in [2.24, 2.45) is 5.92 Å². The Morgan fingerprint density at radius 1 is 1.16 bits per heavy atom. The fraction of sp³-hybridized carbons (Fsp3) is 0.667. The molecule has 0 aliphatic carbocycles. The van der Waals surface area contributed by atoms with Crippen LogP contribution in [0.4, 0.5) is 9.18 Å². The molecule has 0 spiro atoms. The van der Waals surface area contributed by atoms with E-state index in [0.717, 1.165) is 5.69 Å². The number of nitrogens with zero attached hydrogens (tertiary/aromatic N) is 2. The number of fused-ring (bicyclic) bond motifs is 1. The van der Waals surface area contributed by atoms with E-state index in [-0.39, 0.29) is 26.7 Å². The maximum atomic E-state index is 13.9. The third kappa shape index (κ3) is 6.54. The molecule has 8 heteroatoms. The normalized spacial score (nSPS) is 14.1. The highest BCUT2D eigenvalue weighted by Gasteiger charge is 2.33. The Hall–Kier alpha value is -1.93. The Balaban J connectivity index is 2.37. The van der Waals surface area contributed by atoms with Crippen LogP contribution in [-0.4, -0.2) is 37.6 Å². The lowest BCUT2D eigenvalue weighted by atomic mass is 9.99. The number of rotatable bonds is 8. The van der Waals surface area contributed by atoms with E-state index in [1.807, 2.05) is 52.2 Å². The highest BCUT2D eigenvalue weighted by Crippen LogP contribution is 2.38.